The van der Waals surface area contributed by atoms with Crippen LogP contribution in [0.1, 0.15) is 17.2 Å². The molecule has 0 bridgehead atoms. The van der Waals surface area contributed by atoms with Gasteiger partial charge in [0.15, 0.2) is 9.84 Å². The van der Waals surface area contributed by atoms with E-state index < -0.39 is 50.5 Å². The third kappa shape index (κ3) is 4.08. The van der Waals surface area contributed by atoms with Crippen molar-refractivity contribution in [3.05, 3.63) is 71.0 Å². The minimum Gasteiger partial charge on any atom is -0.387 e. The SMILES string of the molecule is O=S(=O)(Cc1ccc(F)cc1)CC(O)c1c(F)cccc1F. The van der Waals surface area contributed by atoms with Crippen molar-refractivity contribution in [2.24, 2.45) is 0 Å². The van der Waals surface area contributed by atoms with Crippen LogP contribution in [0.25, 0.3) is 0 Å². The van der Waals surface area contributed by atoms with Gasteiger partial charge >= 0.3 is 0 Å². The molecular formula is C15H13F3O3S. The Bertz CT molecular complexity index is 738. The highest BCUT2D eigenvalue weighted by atomic mass is 32.2. The molecule has 118 valence electrons. The van der Waals surface area contributed by atoms with Gasteiger partial charge in [-0.25, -0.2) is 21.6 Å². The summed E-state index contributed by atoms with van der Waals surface area (Å²) >= 11 is 0. The topological polar surface area (TPSA) is 54.4 Å². The lowest BCUT2D eigenvalue weighted by Crippen LogP contribution is -2.18. The van der Waals surface area contributed by atoms with E-state index in [4.69, 9.17) is 0 Å². The monoisotopic (exact) mass is 330 g/mol. The largest absolute Gasteiger partial charge is 0.387 e. The Hall–Kier alpha value is -1.86. The minimum absolute atomic E-state index is 0.322. The van der Waals surface area contributed by atoms with Gasteiger partial charge in [-0.2, -0.15) is 0 Å². The Balaban J connectivity index is 2.16. The van der Waals surface area contributed by atoms with E-state index in [2.05, 4.69) is 0 Å². The fourth-order valence-corrected chi connectivity index (χ4v) is 3.51. The molecule has 3 nitrogen and oxygen atoms in total. The van der Waals surface area contributed by atoms with Crippen LogP contribution in [0, 0.1) is 17.5 Å². The van der Waals surface area contributed by atoms with E-state index in [9.17, 15) is 26.7 Å². The normalized spacial score (nSPS) is 13.1. The molecule has 1 atom stereocenters. The van der Waals surface area contributed by atoms with Crippen molar-refractivity contribution >= 4 is 9.84 Å². The minimum atomic E-state index is -3.83. The first kappa shape index (κ1) is 16.5. The van der Waals surface area contributed by atoms with Crippen LogP contribution in [-0.2, 0) is 15.6 Å². The fourth-order valence-electron chi connectivity index (χ4n) is 2.05. The van der Waals surface area contributed by atoms with Gasteiger partial charge in [0.05, 0.1) is 23.2 Å². The van der Waals surface area contributed by atoms with Crippen LogP contribution in [0.15, 0.2) is 42.5 Å². The average molecular weight is 330 g/mol. The van der Waals surface area contributed by atoms with Gasteiger partial charge in [0.25, 0.3) is 0 Å². The van der Waals surface area contributed by atoms with Crippen LogP contribution < -0.4 is 0 Å². The third-order valence-corrected chi connectivity index (χ3v) is 4.64. The van der Waals surface area contributed by atoms with Gasteiger partial charge in [-0.15, -0.1) is 0 Å². The van der Waals surface area contributed by atoms with Crippen molar-refractivity contribution in [2.45, 2.75) is 11.9 Å². The van der Waals surface area contributed by atoms with Gasteiger partial charge in [0, 0.05) is 0 Å². The molecule has 2 rings (SSSR count). The Morgan fingerprint density at radius 1 is 0.955 bits per heavy atom. The van der Waals surface area contributed by atoms with Crippen molar-refractivity contribution in [3.8, 4) is 0 Å². The van der Waals surface area contributed by atoms with Gasteiger partial charge in [-0.05, 0) is 29.8 Å². The smallest absolute Gasteiger partial charge is 0.157 e. The number of aliphatic hydroxyl groups is 1. The summed E-state index contributed by atoms with van der Waals surface area (Å²) in [6, 6.07) is 7.80. The maximum atomic E-state index is 13.5. The number of halogens is 3. The summed E-state index contributed by atoms with van der Waals surface area (Å²) in [5, 5.41) is 9.82. The van der Waals surface area contributed by atoms with Crippen molar-refractivity contribution in [3.63, 3.8) is 0 Å². The Morgan fingerprint density at radius 2 is 1.50 bits per heavy atom. The molecule has 0 saturated heterocycles. The second-order valence-electron chi connectivity index (χ2n) is 4.83. The van der Waals surface area contributed by atoms with Crippen LogP contribution in [-0.4, -0.2) is 19.3 Å². The second-order valence-corrected chi connectivity index (χ2v) is 6.94. The van der Waals surface area contributed by atoms with Gasteiger partial charge in [-0.3, -0.25) is 0 Å². The molecule has 0 heterocycles. The molecule has 2 aromatic carbocycles. The molecule has 0 amide bonds. The zero-order chi connectivity index (χ0) is 16.3. The Morgan fingerprint density at radius 3 is 2.05 bits per heavy atom. The first-order valence-corrected chi connectivity index (χ1v) is 8.17. The number of benzene rings is 2. The summed E-state index contributed by atoms with van der Waals surface area (Å²) in [6.07, 6.45) is -1.81. The summed E-state index contributed by atoms with van der Waals surface area (Å²) in [7, 11) is -3.83. The summed E-state index contributed by atoms with van der Waals surface area (Å²) in [5.74, 6) is -3.81. The van der Waals surface area contributed by atoms with E-state index in [0.29, 0.717) is 5.56 Å². The summed E-state index contributed by atoms with van der Waals surface area (Å²) in [6.45, 7) is 0. The molecular weight excluding hydrogens is 317 g/mol. The van der Waals surface area contributed by atoms with Crippen molar-refractivity contribution in [2.75, 3.05) is 5.75 Å². The maximum absolute atomic E-state index is 13.5. The highest BCUT2D eigenvalue weighted by Crippen LogP contribution is 2.23. The van der Waals surface area contributed by atoms with Crippen molar-refractivity contribution in [1.82, 2.24) is 0 Å². The van der Waals surface area contributed by atoms with E-state index >= 15 is 0 Å². The maximum Gasteiger partial charge on any atom is 0.157 e. The fraction of sp³-hybridized carbons (Fsp3) is 0.200. The highest BCUT2D eigenvalue weighted by molar-refractivity contribution is 7.90. The highest BCUT2D eigenvalue weighted by Gasteiger charge is 2.24. The van der Waals surface area contributed by atoms with E-state index in [-0.39, 0.29) is 0 Å². The first-order valence-electron chi connectivity index (χ1n) is 6.35. The van der Waals surface area contributed by atoms with E-state index in [1.165, 1.54) is 12.1 Å². The summed E-state index contributed by atoms with van der Waals surface area (Å²) < 4.78 is 63.8. The van der Waals surface area contributed by atoms with Crippen molar-refractivity contribution in [1.29, 1.82) is 0 Å². The molecule has 0 spiro atoms. The van der Waals surface area contributed by atoms with Crippen LogP contribution in [0.3, 0.4) is 0 Å². The third-order valence-electron chi connectivity index (χ3n) is 3.04. The standard InChI is InChI=1S/C15H13F3O3S/c16-11-6-4-10(5-7-11)8-22(20,21)9-14(19)15-12(17)2-1-3-13(15)18/h1-7,14,19H,8-9H2. The van der Waals surface area contributed by atoms with Crippen LogP contribution >= 0.6 is 0 Å². The molecule has 0 aromatic heterocycles. The molecule has 22 heavy (non-hydrogen) atoms. The van der Waals surface area contributed by atoms with Crippen LogP contribution in [0.2, 0.25) is 0 Å². The van der Waals surface area contributed by atoms with Crippen LogP contribution in [0.4, 0.5) is 13.2 Å². The number of sulfone groups is 1. The van der Waals surface area contributed by atoms with Gasteiger partial charge < -0.3 is 5.11 Å². The average Bonchev–Trinajstić information content (AvgIpc) is 2.40. The van der Waals surface area contributed by atoms with Gasteiger partial charge in [0.1, 0.15) is 17.5 Å². The number of aliphatic hydroxyl groups excluding tert-OH is 1. The van der Waals surface area contributed by atoms with E-state index in [0.717, 1.165) is 30.3 Å². The predicted octanol–water partition coefficient (Wildman–Crippen LogP) is 2.75. The first-order chi connectivity index (χ1) is 10.3. The van der Waals surface area contributed by atoms with Crippen molar-refractivity contribution < 1.29 is 26.7 Å². The zero-order valence-corrected chi connectivity index (χ0v) is 12.2. The molecule has 1 N–H and O–H groups in total. The Labute approximate surface area is 125 Å². The van der Waals surface area contributed by atoms with Crippen LogP contribution in [0.5, 0.6) is 0 Å². The van der Waals surface area contributed by atoms with Gasteiger partial charge in [-0.1, -0.05) is 18.2 Å². The molecule has 2 aromatic rings. The summed E-state index contributed by atoms with van der Waals surface area (Å²) in [4.78, 5) is 0. The lowest BCUT2D eigenvalue weighted by molar-refractivity contribution is 0.191. The molecule has 0 aliphatic heterocycles. The predicted molar refractivity (Wildman–Crippen MR) is 75.2 cm³/mol. The number of hydrogen-bond donors (Lipinski definition) is 1. The van der Waals surface area contributed by atoms with E-state index in [1.807, 2.05) is 0 Å². The molecule has 0 aliphatic carbocycles. The molecule has 0 radical (unpaired) electrons. The molecule has 7 heteroatoms. The zero-order valence-electron chi connectivity index (χ0n) is 11.3. The van der Waals surface area contributed by atoms with Gasteiger partial charge in [0.2, 0.25) is 0 Å². The molecule has 1 unspecified atom stereocenters. The molecule has 0 saturated carbocycles. The summed E-state index contributed by atoms with van der Waals surface area (Å²) in [5.41, 5.74) is -0.354. The lowest BCUT2D eigenvalue weighted by atomic mass is 10.1. The number of hydrogen-bond acceptors (Lipinski definition) is 3. The Kier molecular flexibility index (Phi) is 4.87. The quantitative estimate of drug-likeness (QED) is 0.917. The molecule has 0 fully saturated rings. The van der Waals surface area contributed by atoms with E-state index in [1.54, 1.807) is 0 Å². The number of rotatable bonds is 5. The lowest BCUT2D eigenvalue weighted by Gasteiger charge is -2.13. The second kappa shape index (κ2) is 6.50. The molecule has 0 aliphatic rings.